The van der Waals surface area contributed by atoms with Crippen molar-refractivity contribution in [3.8, 4) is 0 Å². The third-order valence-corrected chi connectivity index (χ3v) is 13.8. The van der Waals surface area contributed by atoms with Gasteiger partial charge in [-0.15, -0.1) is 0 Å². The maximum Gasteiger partial charge on any atom is 0.222 e. The third kappa shape index (κ3) is 50.3. The average Bonchev–Trinajstić information content (AvgIpc) is 3.28. The van der Waals surface area contributed by atoms with E-state index in [1.165, 1.54) is 276 Å². The Labute approximate surface area is 395 Å². The Kier molecular flexibility index (Phi) is 52.9. The van der Waals surface area contributed by atoms with E-state index < -0.39 is 18.2 Å². The van der Waals surface area contributed by atoms with Gasteiger partial charge in [-0.1, -0.05) is 315 Å². The summed E-state index contributed by atoms with van der Waals surface area (Å²) in [5.74, 6) is -0.308. The molecule has 0 aromatic heterocycles. The van der Waals surface area contributed by atoms with Gasteiger partial charge < -0.3 is 20.6 Å². The first-order valence-corrected chi connectivity index (χ1v) is 29.0. The van der Waals surface area contributed by atoms with Crippen molar-refractivity contribution >= 4 is 5.91 Å². The first kappa shape index (κ1) is 62.1. The summed E-state index contributed by atoms with van der Waals surface area (Å²) in [7, 11) is 0. The second-order valence-electron chi connectivity index (χ2n) is 20.3. The second-order valence-corrected chi connectivity index (χ2v) is 20.3. The van der Waals surface area contributed by atoms with E-state index in [4.69, 9.17) is 0 Å². The molecule has 0 heterocycles. The van der Waals surface area contributed by atoms with Crippen LogP contribution in [0.3, 0.4) is 0 Å². The lowest BCUT2D eigenvalue weighted by Crippen LogP contribution is -2.45. The molecular weight excluding hydrogens is 775 g/mol. The lowest BCUT2D eigenvalue weighted by atomic mass is 10.0. The Morgan fingerprint density at radius 2 is 0.651 bits per heavy atom. The summed E-state index contributed by atoms with van der Waals surface area (Å²) in [6.45, 7) is 4.26. The fourth-order valence-corrected chi connectivity index (χ4v) is 9.40. The molecule has 63 heavy (non-hydrogen) atoms. The molecule has 376 valence electrons. The summed E-state index contributed by atoms with van der Waals surface area (Å²) < 4.78 is 0. The smallest absolute Gasteiger partial charge is 0.222 e. The van der Waals surface area contributed by atoms with Crippen LogP contribution in [0.1, 0.15) is 328 Å². The summed E-state index contributed by atoms with van der Waals surface area (Å²) in [5, 5.41) is 33.5. The molecule has 0 aromatic rings. The maximum atomic E-state index is 12.5. The van der Waals surface area contributed by atoms with Crippen molar-refractivity contribution < 1.29 is 20.1 Å². The summed E-state index contributed by atoms with van der Waals surface area (Å²) >= 11 is 0. The van der Waals surface area contributed by atoms with E-state index in [1.54, 1.807) is 6.08 Å². The van der Waals surface area contributed by atoms with Gasteiger partial charge in [0.2, 0.25) is 5.91 Å². The van der Waals surface area contributed by atoms with Crippen LogP contribution in [0.2, 0.25) is 0 Å². The van der Waals surface area contributed by atoms with E-state index in [0.29, 0.717) is 6.42 Å². The molecule has 0 saturated carbocycles. The van der Waals surface area contributed by atoms with Gasteiger partial charge in [0.25, 0.3) is 0 Å². The number of hydrogen-bond donors (Lipinski definition) is 4. The van der Waals surface area contributed by atoms with Crippen molar-refractivity contribution in [1.29, 1.82) is 0 Å². The molecule has 0 saturated heterocycles. The van der Waals surface area contributed by atoms with Gasteiger partial charge in [-0.25, -0.2) is 0 Å². The van der Waals surface area contributed by atoms with E-state index in [2.05, 4.69) is 19.2 Å². The van der Waals surface area contributed by atoms with E-state index in [0.717, 1.165) is 25.7 Å². The summed E-state index contributed by atoms with van der Waals surface area (Å²) in [6.07, 6.45) is 66.9. The highest BCUT2D eigenvalue weighted by Gasteiger charge is 2.20. The van der Waals surface area contributed by atoms with Gasteiger partial charge in [-0.3, -0.25) is 4.79 Å². The number of unbranched alkanes of at least 4 members (excludes halogenated alkanes) is 45. The molecule has 1 amide bonds. The van der Waals surface area contributed by atoms with Crippen molar-refractivity contribution in [2.75, 3.05) is 6.61 Å². The second kappa shape index (κ2) is 53.7. The molecule has 3 unspecified atom stereocenters. The molecule has 0 spiro atoms. The minimum atomic E-state index is -0.926. The largest absolute Gasteiger partial charge is 0.394 e. The highest BCUT2D eigenvalue weighted by Crippen LogP contribution is 2.18. The van der Waals surface area contributed by atoms with Crippen LogP contribution < -0.4 is 5.32 Å². The molecule has 5 nitrogen and oxygen atoms in total. The van der Waals surface area contributed by atoms with Gasteiger partial charge in [0.05, 0.1) is 31.3 Å². The number of rotatable bonds is 54. The lowest BCUT2D eigenvalue weighted by Gasteiger charge is -2.21. The highest BCUT2D eigenvalue weighted by molar-refractivity contribution is 5.76. The molecule has 0 bridgehead atoms. The molecular formula is C58H115NO4. The van der Waals surface area contributed by atoms with Crippen LogP contribution in [0.5, 0.6) is 0 Å². The van der Waals surface area contributed by atoms with Crippen molar-refractivity contribution in [1.82, 2.24) is 5.32 Å². The zero-order chi connectivity index (χ0) is 45.8. The Morgan fingerprint density at radius 1 is 0.397 bits per heavy atom. The molecule has 3 atom stereocenters. The highest BCUT2D eigenvalue weighted by atomic mass is 16.3. The molecule has 0 aliphatic carbocycles. The van der Waals surface area contributed by atoms with Crippen LogP contribution in [-0.2, 0) is 4.79 Å². The number of carbonyl (C=O) groups is 1. The van der Waals surface area contributed by atoms with Crippen LogP contribution in [-0.4, -0.2) is 46.1 Å². The van der Waals surface area contributed by atoms with Crippen molar-refractivity contribution in [3.63, 3.8) is 0 Å². The Morgan fingerprint density at radius 3 is 0.921 bits per heavy atom. The van der Waals surface area contributed by atoms with E-state index >= 15 is 0 Å². The first-order chi connectivity index (χ1) is 31.0. The van der Waals surface area contributed by atoms with Crippen LogP contribution >= 0.6 is 0 Å². The molecule has 0 aliphatic heterocycles. The topological polar surface area (TPSA) is 89.8 Å². The Bertz CT molecular complexity index is 894. The predicted octanol–water partition coefficient (Wildman–Crippen LogP) is 17.9. The zero-order valence-corrected chi connectivity index (χ0v) is 43.0. The molecule has 0 aliphatic rings. The number of carbonyl (C=O) groups excluding carboxylic acids is 1. The fraction of sp³-hybridized carbons (Fsp3) is 0.948. The molecule has 0 radical (unpaired) electrons. The van der Waals surface area contributed by atoms with E-state index in [1.807, 2.05) is 6.08 Å². The van der Waals surface area contributed by atoms with Gasteiger partial charge in [0, 0.05) is 0 Å². The van der Waals surface area contributed by atoms with E-state index in [9.17, 15) is 20.1 Å². The number of amides is 1. The lowest BCUT2D eigenvalue weighted by molar-refractivity contribution is -0.124. The van der Waals surface area contributed by atoms with Crippen LogP contribution in [0.15, 0.2) is 12.2 Å². The molecule has 0 rings (SSSR count). The zero-order valence-electron chi connectivity index (χ0n) is 43.0. The fourth-order valence-electron chi connectivity index (χ4n) is 9.40. The van der Waals surface area contributed by atoms with Gasteiger partial charge in [0.15, 0.2) is 0 Å². The van der Waals surface area contributed by atoms with Crippen LogP contribution in [0.25, 0.3) is 0 Å². The molecule has 5 heteroatoms. The maximum absolute atomic E-state index is 12.5. The number of hydrogen-bond acceptors (Lipinski definition) is 4. The average molecular weight is 891 g/mol. The summed E-state index contributed by atoms with van der Waals surface area (Å²) in [6, 6.07) is -0.741. The number of aliphatic hydroxyl groups excluding tert-OH is 3. The Hall–Kier alpha value is -0.910. The summed E-state index contributed by atoms with van der Waals surface area (Å²) in [5.41, 5.74) is 0. The minimum absolute atomic E-state index is 0.0196. The third-order valence-electron chi connectivity index (χ3n) is 13.8. The number of aliphatic hydroxyl groups is 3. The number of nitrogens with one attached hydrogen (secondary N) is 1. The quantitative estimate of drug-likeness (QED) is 0.0362. The normalized spacial score (nSPS) is 13.3. The monoisotopic (exact) mass is 890 g/mol. The van der Waals surface area contributed by atoms with Crippen LogP contribution in [0, 0.1) is 0 Å². The van der Waals surface area contributed by atoms with Crippen molar-refractivity contribution in [2.24, 2.45) is 0 Å². The van der Waals surface area contributed by atoms with Crippen molar-refractivity contribution in [2.45, 2.75) is 347 Å². The van der Waals surface area contributed by atoms with E-state index in [-0.39, 0.29) is 18.9 Å². The Balaban J connectivity index is 3.53. The number of allylic oxidation sites excluding steroid dienone is 1. The minimum Gasteiger partial charge on any atom is -0.394 e. The molecule has 4 N–H and O–H groups in total. The van der Waals surface area contributed by atoms with Gasteiger partial charge in [0.1, 0.15) is 0 Å². The van der Waals surface area contributed by atoms with Gasteiger partial charge in [-0.2, -0.15) is 0 Å². The van der Waals surface area contributed by atoms with Gasteiger partial charge in [-0.05, 0) is 19.3 Å². The predicted molar refractivity (Wildman–Crippen MR) is 278 cm³/mol. The first-order valence-electron chi connectivity index (χ1n) is 29.0. The van der Waals surface area contributed by atoms with Gasteiger partial charge >= 0.3 is 0 Å². The van der Waals surface area contributed by atoms with Crippen LogP contribution in [0.4, 0.5) is 0 Å². The van der Waals surface area contributed by atoms with Crippen molar-refractivity contribution in [3.05, 3.63) is 12.2 Å². The molecule has 0 fully saturated rings. The summed E-state index contributed by atoms with van der Waals surface area (Å²) in [4.78, 5) is 12.5. The SMILES string of the molecule is CCCCCCCCCCCCCCCCCCCCCCCCC/C=C/C(O)C(CO)NC(=O)CC(O)CCCCCCCCCCCCCCCCCCCCCCCCC. The standard InChI is InChI=1S/C58H115NO4/c1-3-5-7-9-11-13-15-17-19-21-23-25-27-28-30-32-34-36-38-40-42-44-46-48-50-52-57(62)56(54-60)59-58(63)53-55(61)51-49-47-45-43-41-39-37-35-33-31-29-26-24-22-20-18-16-14-12-10-8-6-4-2/h50,52,55-57,60-62H,3-49,51,53-54H2,1-2H3,(H,59,63)/b52-50+. The molecule has 0 aromatic carbocycles.